The summed E-state index contributed by atoms with van der Waals surface area (Å²) in [6.45, 7) is 0. The molecule has 126 valence electrons. The zero-order chi connectivity index (χ0) is 17.7. The molecule has 24 heavy (non-hydrogen) atoms. The molecule has 2 aromatic carbocycles. The molecule has 0 fully saturated rings. The molecule has 10 heteroatoms. The number of hydrogen-bond donors (Lipinski definition) is 1. The van der Waals surface area contributed by atoms with Gasteiger partial charge in [-0.3, -0.25) is 10.1 Å². The molecule has 0 atom stereocenters. The van der Waals surface area contributed by atoms with E-state index in [1.54, 1.807) is 18.2 Å². The van der Waals surface area contributed by atoms with Crippen LogP contribution in [0.25, 0.3) is 0 Å². The molecule has 0 aliphatic heterocycles. The number of nitro groups is 1. The van der Waals surface area contributed by atoms with Crippen LogP contribution in [0.5, 0.6) is 5.75 Å². The fraction of sp³-hybridized carbons (Fsp3) is 0.0714. The van der Waals surface area contributed by atoms with Crippen LogP contribution in [0.3, 0.4) is 0 Å². The Bertz CT molecular complexity index is 866. The number of ether oxygens (including phenoxy) is 1. The third-order valence-electron chi connectivity index (χ3n) is 2.85. The number of nitro benzene ring substituents is 1. The van der Waals surface area contributed by atoms with Gasteiger partial charge >= 0.3 is 5.97 Å². The maximum absolute atomic E-state index is 12.2. The van der Waals surface area contributed by atoms with E-state index in [0.29, 0.717) is 0 Å². The first-order valence-corrected chi connectivity index (χ1v) is 7.93. The Kier molecular flexibility index (Phi) is 5.11. The molecule has 0 unspecified atom stereocenters. The number of nitrogens with one attached hydrogen (secondary N) is 1. The summed E-state index contributed by atoms with van der Waals surface area (Å²) in [6.07, 6.45) is 0. The first-order valence-electron chi connectivity index (χ1n) is 6.45. The van der Waals surface area contributed by atoms with Gasteiger partial charge in [-0.2, -0.15) is 0 Å². The Hall–Kier alpha value is -2.98. The highest BCUT2D eigenvalue weighted by Crippen LogP contribution is 2.21. The van der Waals surface area contributed by atoms with Gasteiger partial charge < -0.3 is 9.57 Å². The van der Waals surface area contributed by atoms with Gasteiger partial charge in [-0.15, -0.1) is 0 Å². The summed E-state index contributed by atoms with van der Waals surface area (Å²) < 4.78 is 28.9. The number of non-ortho nitro benzene ring substituents is 1. The monoisotopic (exact) mass is 352 g/mol. The number of carbonyl (C=O) groups is 1. The summed E-state index contributed by atoms with van der Waals surface area (Å²) in [7, 11) is -3.19. The maximum Gasteiger partial charge on any atom is 0.338 e. The van der Waals surface area contributed by atoms with Crippen LogP contribution in [0.1, 0.15) is 10.4 Å². The predicted molar refractivity (Wildman–Crippen MR) is 81.8 cm³/mol. The first-order chi connectivity index (χ1) is 11.3. The van der Waals surface area contributed by atoms with Crippen LogP contribution >= 0.6 is 0 Å². The SMILES string of the molecule is COC(=O)c1cc([N+](=O)[O-])cc(S(=O)(=O)NOc2ccccc2)c1. The second kappa shape index (κ2) is 7.06. The van der Waals surface area contributed by atoms with Crippen molar-refractivity contribution in [2.24, 2.45) is 0 Å². The molecule has 0 bridgehead atoms. The molecular weight excluding hydrogens is 340 g/mol. The Morgan fingerprint density at radius 2 is 1.83 bits per heavy atom. The van der Waals surface area contributed by atoms with Gasteiger partial charge in [0.25, 0.3) is 15.7 Å². The second-order valence-electron chi connectivity index (χ2n) is 4.47. The van der Waals surface area contributed by atoms with Crippen molar-refractivity contribution in [1.82, 2.24) is 4.89 Å². The van der Waals surface area contributed by atoms with Crippen molar-refractivity contribution in [3.63, 3.8) is 0 Å². The van der Waals surface area contributed by atoms with Gasteiger partial charge in [0.2, 0.25) is 0 Å². The second-order valence-corrected chi connectivity index (χ2v) is 6.11. The Balaban J connectivity index is 2.36. The molecule has 0 spiro atoms. The lowest BCUT2D eigenvalue weighted by Gasteiger charge is -2.09. The van der Waals surface area contributed by atoms with E-state index in [-0.39, 0.29) is 11.3 Å². The van der Waals surface area contributed by atoms with Crippen molar-refractivity contribution in [3.05, 3.63) is 64.2 Å². The Morgan fingerprint density at radius 1 is 1.17 bits per heavy atom. The molecule has 0 saturated heterocycles. The van der Waals surface area contributed by atoms with Crippen LogP contribution in [0.15, 0.2) is 53.4 Å². The highest BCUT2D eigenvalue weighted by Gasteiger charge is 2.23. The van der Waals surface area contributed by atoms with E-state index >= 15 is 0 Å². The molecular formula is C14H12N2O7S. The number of carbonyl (C=O) groups excluding carboxylic acids is 1. The van der Waals surface area contributed by atoms with Crippen molar-refractivity contribution in [2.45, 2.75) is 4.90 Å². The van der Waals surface area contributed by atoms with Crippen LogP contribution in [0, 0.1) is 10.1 Å². The minimum absolute atomic E-state index is 0.222. The number of esters is 1. The summed E-state index contributed by atoms with van der Waals surface area (Å²) in [4.78, 5) is 27.9. The average molecular weight is 352 g/mol. The smallest absolute Gasteiger partial charge is 0.338 e. The van der Waals surface area contributed by atoms with Crippen LogP contribution in [-0.4, -0.2) is 26.4 Å². The lowest BCUT2D eigenvalue weighted by Crippen LogP contribution is -2.27. The molecule has 2 rings (SSSR count). The molecule has 9 nitrogen and oxygen atoms in total. The van der Waals surface area contributed by atoms with Gasteiger partial charge in [0.15, 0.2) is 0 Å². The maximum atomic E-state index is 12.2. The van der Waals surface area contributed by atoms with Crippen LogP contribution in [-0.2, 0) is 14.8 Å². The third kappa shape index (κ3) is 4.06. The van der Waals surface area contributed by atoms with Crippen LogP contribution in [0.4, 0.5) is 5.69 Å². The van der Waals surface area contributed by atoms with Crippen LogP contribution in [0.2, 0.25) is 0 Å². The van der Waals surface area contributed by atoms with Gasteiger partial charge in [-0.05, 0) is 23.1 Å². The van der Waals surface area contributed by atoms with Gasteiger partial charge in [-0.1, -0.05) is 18.2 Å². The number of benzene rings is 2. The predicted octanol–water partition coefficient (Wildman–Crippen LogP) is 1.65. The minimum Gasteiger partial charge on any atom is -0.465 e. The largest absolute Gasteiger partial charge is 0.465 e. The lowest BCUT2D eigenvalue weighted by atomic mass is 10.2. The van der Waals surface area contributed by atoms with Crippen molar-refractivity contribution >= 4 is 21.7 Å². The van der Waals surface area contributed by atoms with E-state index in [9.17, 15) is 23.3 Å². The van der Waals surface area contributed by atoms with Gasteiger partial charge in [0, 0.05) is 12.1 Å². The normalized spacial score (nSPS) is 10.9. The number of sulfonamides is 1. The molecule has 0 radical (unpaired) electrons. The minimum atomic E-state index is -4.26. The van der Waals surface area contributed by atoms with E-state index in [0.717, 1.165) is 25.3 Å². The lowest BCUT2D eigenvalue weighted by molar-refractivity contribution is -0.385. The molecule has 0 heterocycles. The number of nitrogens with zero attached hydrogens (tertiary/aromatic N) is 1. The average Bonchev–Trinajstić information content (AvgIpc) is 2.59. The summed E-state index contributed by atoms with van der Waals surface area (Å²) in [5, 5.41) is 10.9. The molecule has 0 saturated carbocycles. The Morgan fingerprint density at radius 3 is 2.42 bits per heavy atom. The fourth-order valence-corrected chi connectivity index (χ4v) is 2.58. The summed E-state index contributed by atoms with van der Waals surface area (Å²) in [6, 6.07) is 10.7. The molecule has 0 amide bonds. The summed E-state index contributed by atoms with van der Waals surface area (Å²) in [5.41, 5.74) is -0.843. The van der Waals surface area contributed by atoms with Gasteiger partial charge in [0.1, 0.15) is 5.75 Å². The topological polar surface area (TPSA) is 125 Å². The molecule has 0 aromatic heterocycles. The van der Waals surface area contributed by atoms with E-state index in [4.69, 9.17) is 4.84 Å². The highest BCUT2D eigenvalue weighted by molar-refractivity contribution is 7.89. The quantitative estimate of drug-likeness (QED) is 0.476. The summed E-state index contributed by atoms with van der Waals surface area (Å²) in [5.74, 6) is -0.682. The molecule has 1 N–H and O–H groups in total. The number of methoxy groups -OCH3 is 1. The Labute approximate surface area is 137 Å². The standard InChI is InChI=1S/C14H12N2O7S/c1-22-14(17)10-7-11(16(18)19)9-13(8-10)24(20,21)15-23-12-5-3-2-4-6-12/h2-9,15H,1H3. The number of para-hydroxylation sites is 1. The van der Waals surface area contributed by atoms with Crippen molar-refractivity contribution in [3.8, 4) is 5.75 Å². The van der Waals surface area contributed by atoms with E-state index < -0.39 is 31.5 Å². The third-order valence-corrected chi connectivity index (χ3v) is 4.00. The zero-order valence-electron chi connectivity index (χ0n) is 12.3. The van der Waals surface area contributed by atoms with Gasteiger partial charge in [-0.25, -0.2) is 13.2 Å². The van der Waals surface area contributed by atoms with Crippen molar-refractivity contribution < 1.29 is 27.7 Å². The van der Waals surface area contributed by atoms with Crippen molar-refractivity contribution in [1.29, 1.82) is 0 Å². The fourth-order valence-electron chi connectivity index (χ4n) is 1.72. The van der Waals surface area contributed by atoms with E-state index in [1.165, 1.54) is 12.1 Å². The molecule has 0 aliphatic rings. The molecule has 0 aliphatic carbocycles. The van der Waals surface area contributed by atoms with E-state index in [1.807, 2.05) is 4.89 Å². The zero-order valence-corrected chi connectivity index (χ0v) is 13.1. The van der Waals surface area contributed by atoms with Gasteiger partial charge in [0.05, 0.1) is 22.5 Å². The number of hydrogen-bond acceptors (Lipinski definition) is 7. The molecule has 2 aromatic rings. The summed E-state index contributed by atoms with van der Waals surface area (Å²) >= 11 is 0. The number of rotatable bonds is 6. The highest BCUT2D eigenvalue weighted by atomic mass is 32.2. The first kappa shape index (κ1) is 17.4. The van der Waals surface area contributed by atoms with E-state index in [2.05, 4.69) is 4.74 Å². The van der Waals surface area contributed by atoms with Crippen molar-refractivity contribution in [2.75, 3.05) is 7.11 Å². The van der Waals surface area contributed by atoms with Crippen LogP contribution < -0.4 is 9.72 Å².